The molecular weight excluding hydrogens is 236 g/mol. The highest BCUT2D eigenvalue weighted by molar-refractivity contribution is 5.63. The number of carbonyl (C=O) groups excluding carboxylic acids is 1. The Labute approximate surface area is 114 Å². The van der Waals surface area contributed by atoms with Gasteiger partial charge in [-0.1, -0.05) is 68.4 Å². The Bertz CT molecular complexity index is 478. The zero-order valence-electron chi connectivity index (χ0n) is 11.3. The SMILES string of the molecule is CC(C)c1ccc(-c2ccccc2)cc1.NNC=O. The van der Waals surface area contributed by atoms with Crippen LogP contribution in [-0.4, -0.2) is 6.41 Å². The summed E-state index contributed by atoms with van der Waals surface area (Å²) in [5, 5.41) is 0. The quantitative estimate of drug-likeness (QED) is 0.384. The van der Waals surface area contributed by atoms with Gasteiger partial charge in [0, 0.05) is 0 Å². The molecule has 0 aromatic heterocycles. The molecule has 0 aliphatic rings. The van der Waals surface area contributed by atoms with Crippen LogP contribution in [0.1, 0.15) is 25.3 Å². The maximum Gasteiger partial charge on any atom is 0.221 e. The Balaban J connectivity index is 0.000000399. The van der Waals surface area contributed by atoms with Crippen LogP contribution in [0, 0.1) is 0 Å². The summed E-state index contributed by atoms with van der Waals surface area (Å²) < 4.78 is 0. The molecule has 1 amide bonds. The number of hydrazine groups is 1. The molecule has 0 atom stereocenters. The third-order valence-electron chi connectivity index (χ3n) is 2.75. The van der Waals surface area contributed by atoms with Gasteiger partial charge < -0.3 is 0 Å². The highest BCUT2D eigenvalue weighted by Crippen LogP contribution is 2.22. The maximum absolute atomic E-state index is 8.94. The molecule has 0 bridgehead atoms. The smallest absolute Gasteiger partial charge is 0.221 e. The fourth-order valence-electron chi connectivity index (χ4n) is 1.69. The van der Waals surface area contributed by atoms with Gasteiger partial charge in [0.15, 0.2) is 0 Å². The van der Waals surface area contributed by atoms with Gasteiger partial charge in [0.25, 0.3) is 0 Å². The van der Waals surface area contributed by atoms with Gasteiger partial charge in [-0.05, 0) is 22.6 Å². The van der Waals surface area contributed by atoms with Gasteiger partial charge in [0.2, 0.25) is 6.41 Å². The van der Waals surface area contributed by atoms with Gasteiger partial charge in [-0.2, -0.15) is 0 Å². The maximum atomic E-state index is 8.94. The first-order valence-electron chi connectivity index (χ1n) is 6.24. The second kappa shape index (κ2) is 8.06. The van der Waals surface area contributed by atoms with Crippen LogP contribution in [0.4, 0.5) is 0 Å². The van der Waals surface area contributed by atoms with E-state index in [0.29, 0.717) is 12.3 Å². The summed E-state index contributed by atoms with van der Waals surface area (Å²) in [4.78, 5) is 8.94. The highest BCUT2D eigenvalue weighted by Gasteiger charge is 1.99. The number of nitrogens with two attached hydrogens (primary N) is 1. The monoisotopic (exact) mass is 256 g/mol. The molecule has 0 aliphatic carbocycles. The lowest BCUT2D eigenvalue weighted by atomic mass is 9.99. The van der Waals surface area contributed by atoms with E-state index < -0.39 is 0 Å². The van der Waals surface area contributed by atoms with Gasteiger partial charge in [0.1, 0.15) is 0 Å². The van der Waals surface area contributed by atoms with Crippen molar-refractivity contribution in [3.63, 3.8) is 0 Å². The minimum absolute atomic E-state index is 0.403. The van der Waals surface area contributed by atoms with Crippen LogP contribution in [0.3, 0.4) is 0 Å². The number of benzene rings is 2. The van der Waals surface area contributed by atoms with E-state index in [2.05, 4.69) is 68.2 Å². The molecule has 3 nitrogen and oxygen atoms in total. The van der Waals surface area contributed by atoms with Crippen LogP contribution in [0.2, 0.25) is 0 Å². The van der Waals surface area contributed by atoms with Gasteiger partial charge in [-0.15, -0.1) is 0 Å². The lowest BCUT2D eigenvalue weighted by Crippen LogP contribution is -2.18. The Morgan fingerprint density at radius 1 is 0.947 bits per heavy atom. The normalized spacial score (nSPS) is 9.47. The number of amides is 1. The van der Waals surface area contributed by atoms with E-state index in [0.717, 1.165) is 0 Å². The number of rotatable bonds is 3. The Kier molecular flexibility index (Phi) is 6.33. The fraction of sp³-hybridized carbons (Fsp3) is 0.188. The second-order valence-corrected chi connectivity index (χ2v) is 4.43. The fourth-order valence-corrected chi connectivity index (χ4v) is 1.69. The minimum atomic E-state index is 0.403. The van der Waals surface area contributed by atoms with Crippen molar-refractivity contribution in [3.8, 4) is 11.1 Å². The minimum Gasteiger partial charge on any atom is -0.297 e. The Hall–Kier alpha value is -2.13. The number of carbonyl (C=O) groups is 1. The largest absolute Gasteiger partial charge is 0.297 e. The topological polar surface area (TPSA) is 55.1 Å². The molecule has 19 heavy (non-hydrogen) atoms. The predicted octanol–water partition coefficient (Wildman–Crippen LogP) is 3.08. The van der Waals surface area contributed by atoms with E-state index >= 15 is 0 Å². The van der Waals surface area contributed by atoms with E-state index in [4.69, 9.17) is 4.79 Å². The van der Waals surface area contributed by atoms with Gasteiger partial charge >= 0.3 is 0 Å². The van der Waals surface area contributed by atoms with Crippen LogP contribution < -0.4 is 11.3 Å². The standard InChI is InChI=1S/C15H16.CH4N2O/c1-12(2)13-8-10-15(11-9-13)14-6-4-3-5-7-14;2-3-1-4/h3-12H,1-2H3;1H,2H2,(H,3,4). The molecule has 0 saturated heterocycles. The molecule has 0 aliphatic heterocycles. The second-order valence-electron chi connectivity index (χ2n) is 4.43. The summed E-state index contributed by atoms with van der Waals surface area (Å²) in [6.07, 6.45) is 0.403. The molecule has 2 aromatic rings. The van der Waals surface area contributed by atoms with Crippen molar-refractivity contribution >= 4 is 6.41 Å². The molecule has 2 aromatic carbocycles. The average Bonchev–Trinajstić information content (AvgIpc) is 2.48. The van der Waals surface area contributed by atoms with Gasteiger partial charge in [-0.25, -0.2) is 5.84 Å². The summed E-state index contributed by atoms with van der Waals surface area (Å²) in [6.45, 7) is 4.44. The zero-order valence-corrected chi connectivity index (χ0v) is 11.3. The first-order valence-corrected chi connectivity index (χ1v) is 6.24. The van der Waals surface area contributed by atoms with Crippen LogP contribution in [-0.2, 0) is 4.79 Å². The summed E-state index contributed by atoms with van der Waals surface area (Å²) in [5.74, 6) is 5.02. The molecule has 100 valence electrons. The number of nitrogens with one attached hydrogen (secondary N) is 1. The zero-order chi connectivity index (χ0) is 14.1. The molecule has 0 spiro atoms. The summed E-state index contributed by atoms with van der Waals surface area (Å²) >= 11 is 0. The van der Waals surface area contributed by atoms with Crippen molar-refractivity contribution in [2.24, 2.45) is 5.84 Å². The molecule has 0 radical (unpaired) electrons. The predicted molar refractivity (Wildman–Crippen MR) is 79.4 cm³/mol. The molecule has 0 saturated carbocycles. The number of hydrogen-bond donors (Lipinski definition) is 2. The Morgan fingerprint density at radius 3 is 1.84 bits per heavy atom. The van der Waals surface area contributed by atoms with E-state index in [1.165, 1.54) is 16.7 Å². The first-order chi connectivity index (χ1) is 9.19. The lowest BCUT2D eigenvalue weighted by Gasteiger charge is -2.06. The first kappa shape index (κ1) is 14.9. The van der Waals surface area contributed by atoms with Crippen molar-refractivity contribution in [1.82, 2.24) is 5.43 Å². The molecule has 0 unspecified atom stereocenters. The molecule has 0 fully saturated rings. The van der Waals surface area contributed by atoms with Crippen molar-refractivity contribution in [3.05, 3.63) is 60.2 Å². The highest BCUT2D eigenvalue weighted by atomic mass is 16.1. The van der Waals surface area contributed by atoms with Gasteiger partial charge in [-0.3, -0.25) is 10.2 Å². The van der Waals surface area contributed by atoms with Crippen molar-refractivity contribution in [2.45, 2.75) is 19.8 Å². The van der Waals surface area contributed by atoms with Crippen LogP contribution in [0.15, 0.2) is 54.6 Å². The average molecular weight is 256 g/mol. The number of hydrogen-bond acceptors (Lipinski definition) is 2. The summed E-state index contributed by atoms with van der Waals surface area (Å²) in [5.41, 5.74) is 5.72. The molecule has 2 rings (SSSR count). The van der Waals surface area contributed by atoms with Crippen molar-refractivity contribution < 1.29 is 4.79 Å². The van der Waals surface area contributed by atoms with Crippen LogP contribution >= 0.6 is 0 Å². The molecular formula is C16H20N2O. The van der Waals surface area contributed by atoms with E-state index in [1.54, 1.807) is 5.43 Å². The molecule has 3 N–H and O–H groups in total. The Morgan fingerprint density at radius 2 is 1.42 bits per heavy atom. The van der Waals surface area contributed by atoms with Gasteiger partial charge in [0.05, 0.1) is 0 Å². The van der Waals surface area contributed by atoms with E-state index in [1.807, 2.05) is 6.07 Å². The lowest BCUT2D eigenvalue weighted by molar-refractivity contribution is -0.109. The summed E-state index contributed by atoms with van der Waals surface area (Å²) in [6, 6.07) is 19.3. The third-order valence-corrected chi connectivity index (χ3v) is 2.75. The van der Waals surface area contributed by atoms with Crippen molar-refractivity contribution in [2.75, 3.05) is 0 Å². The molecule has 3 heteroatoms. The van der Waals surface area contributed by atoms with Crippen molar-refractivity contribution in [1.29, 1.82) is 0 Å². The third kappa shape index (κ3) is 4.94. The molecule has 0 heterocycles. The van der Waals surface area contributed by atoms with Crippen LogP contribution in [0.25, 0.3) is 11.1 Å². The van der Waals surface area contributed by atoms with Crippen LogP contribution in [0.5, 0.6) is 0 Å². The summed E-state index contributed by atoms with van der Waals surface area (Å²) in [7, 11) is 0. The van der Waals surface area contributed by atoms with E-state index in [9.17, 15) is 0 Å². The van der Waals surface area contributed by atoms with E-state index in [-0.39, 0.29) is 0 Å².